The lowest BCUT2D eigenvalue weighted by atomic mass is 10.2. The van der Waals surface area contributed by atoms with E-state index in [0.717, 1.165) is 23.6 Å². The van der Waals surface area contributed by atoms with Crippen LogP contribution in [0.5, 0.6) is 11.5 Å². The fraction of sp³-hybridized carbons (Fsp3) is 0.600. The van der Waals surface area contributed by atoms with Crippen molar-refractivity contribution in [1.82, 2.24) is 5.32 Å². The maximum absolute atomic E-state index is 6.32. The average Bonchev–Trinajstić information content (AvgIpc) is 3.26. The van der Waals surface area contributed by atoms with Gasteiger partial charge in [-0.1, -0.05) is 18.5 Å². The predicted molar refractivity (Wildman–Crippen MR) is 86.4 cm³/mol. The van der Waals surface area contributed by atoms with E-state index < -0.39 is 0 Å². The highest BCUT2D eigenvalue weighted by molar-refractivity contribution is 7.99. The number of nitrogens with one attached hydrogen (secondary N) is 1. The highest BCUT2D eigenvalue weighted by atomic mass is 35.5. The smallest absolute Gasteiger partial charge is 0.179 e. The summed E-state index contributed by atoms with van der Waals surface area (Å²) in [4.78, 5) is 0. The van der Waals surface area contributed by atoms with Crippen molar-refractivity contribution in [1.29, 1.82) is 0 Å². The Hall–Kier alpha value is -0.580. The van der Waals surface area contributed by atoms with Crippen LogP contribution in [-0.4, -0.2) is 31.3 Å². The summed E-state index contributed by atoms with van der Waals surface area (Å²) in [5.41, 5.74) is 1.13. The molecule has 0 spiro atoms. The SMILES string of the molecule is CCSCCOc1c(Cl)cc(CNC2CC2)cc1OC. The molecule has 1 aromatic rings. The Morgan fingerprint density at radius 2 is 2.20 bits per heavy atom. The quantitative estimate of drug-likeness (QED) is 0.703. The molecule has 0 atom stereocenters. The molecule has 1 aliphatic carbocycles. The second kappa shape index (κ2) is 8.01. The van der Waals surface area contributed by atoms with Gasteiger partial charge >= 0.3 is 0 Å². The number of hydrogen-bond acceptors (Lipinski definition) is 4. The fourth-order valence-electron chi connectivity index (χ4n) is 1.91. The van der Waals surface area contributed by atoms with Crippen LogP contribution < -0.4 is 14.8 Å². The average molecular weight is 316 g/mol. The molecular formula is C15H22ClNO2S. The van der Waals surface area contributed by atoms with E-state index in [1.807, 2.05) is 23.9 Å². The molecule has 0 unspecified atom stereocenters. The van der Waals surface area contributed by atoms with Crippen molar-refractivity contribution in [2.45, 2.75) is 32.4 Å². The molecule has 20 heavy (non-hydrogen) atoms. The predicted octanol–water partition coefficient (Wildman–Crippen LogP) is 3.73. The molecule has 0 bridgehead atoms. The molecule has 1 fully saturated rings. The van der Waals surface area contributed by atoms with Crippen molar-refractivity contribution in [3.05, 3.63) is 22.7 Å². The highest BCUT2D eigenvalue weighted by Gasteiger charge is 2.20. The summed E-state index contributed by atoms with van der Waals surface area (Å²) in [5, 5.41) is 4.10. The van der Waals surface area contributed by atoms with Gasteiger partial charge in [-0.15, -0.1) is 0 Å². The second-order valence-corrected chi connectivity index (χ2v) is 6.61. The number of thioether (sulfide) groups is 1. The Morgan fingerprint density at radius 3 is 2.85 bits per heavy atom. The third kappa shape index (κ3) is 4.76. The Kier molecular flexibility index (Phi) is 6.33. The molecule has 1 N–H and O–H groups in total. The number of ether oxygens (including phenoxy) is 2. The number of benzene rings is 1. The Labute approximate surface area is 130 Å². The van der Waals surface area contributed by atoms with E-state index in [0.29, 0.717) is 29.2 Å². The molecule has 2 rings (SSSR count). The van der Waals surface area contributed by atoms with E-state index >= 15 is 0 Å². The van der Waals surface area contributed by atoms with E-state index in [9.17, 15) is 0 Å². The van der Waals surface area contributed by atoms with E-state index in [-0.39, 0.29) is 0 Å². The first-order valence-electron chi connectivity index (χ1n) is 7.05. The first-order valence-corrected chi connectivity index (χ1v) is 8.58. The molecule has 1 aliphatic rings. The number of rotatable bonds is 9. The van der Waals surface area contributed by atoms with E-state index in [1.54, 1.807) is 7.11 Å². The minimum absolute atomic E-state index is 0.624. The molecule has 1 aromatic carbocycles. The molecule has 0 aliphatic heterocycles. The van der Waals surface area contributed by atoms with Crippen LogP contribution in [0.1, 0.15) is 25.3 Å². The Balaban J connectivity index is 1.98. The van der Waals surface area contributed by atoms with E-state index in [2.05, 4.69) is 12.2 Å². The van der Waals surface area contributed by atoms with Gasteiger partial charge in [-0.3, -0.25) is 0 Å². The van der Waals surface area contributed by atoms with Gasteiger partial charge in [0.15, 0.2) is 11.5 Å². The van der Waals surface area contributed by atoms with Gasteiger partial charge in [-0.25, -0.2) is 0 Å². The zero-order valence-corrected chi connectivity index (χ0v) is 13.6. The first kappa shape index (κ1) is 15.8. The number of methoxy groups -OCH3 is 1. The zero-order valence-electron chi connectivity index (χ0n) is 12.1. The molecule has 0 radical (unpaired) electrons. The van der Waals surface area contributed by atoms with Crippen LogP contribution >= 0.6 is 23.4 Å². The van der Waals surface area contributed by atoms with Crippen LogP contribution in [0.15, 0.2) is 12.1 Å². The number of hydrogen-bond donors (Lipinski definition) is 1. The molecule has 0 saturated heterocycles. The van der Waals surface area contributed by atoms with Gasteiger partial charge in [0, 0.05) is 18.3 Å². The third-order valence-corrected chi connectivity index (χ3v) is 4.28. The minimum Gasteiger partial charge on any atom is -0.493 e. The van der Waals surface area contributed by atoms with E-state index in [4.69, 9.17) is 21.1 Å². The summed E-state index contributed by atoms with van der Waals surface area (Å²) in [7, 11) is 1.65. The zero-order chi connectivity index (χ0) is 14.4. The summed E-state index contributed by atoms with van der Waals surface area (Å²) in [5.74, 6) is 3.42. The van der Waals surface area contributed by atoms with Crippen molar-refractivity contribution < 1.29 is 9.47 Å². The molecule has 0 heterocycles. The van der Waals surface area contributed by atoms with Crippen LogP contribution in [0, 0.1) is 0 Å². The van der Waals surface area contributed by atoms with Gasteiger partial charge in [-0.05, 0) is 36.3 Å². The largest absolute Gasteiger partial charge is 0.493 e. The van der Waals surface area contributed by atoms with Gasteiger partial charge in [0.2, 0.25) is 0 Å². The molecule has 3 nitrogen and oxygen atoms in total. The summed E-state index contributed by atoms with van der Waals surface area (Å²) < 4.78 is 11.2. The lowest BCUT2D eigenvalue weighted by Crippen LogP contribution is -2.15. The summed E-state index contributed by atoms with van der Waals surface area (Å²) >= 11 is 8.17. The van der Waals surface area contributed by atoms with Crippen molar-refractivity contribution >= 4 is 23.4 Å². The van der Waals surface area contributed by atoms with Crippen molar-refractivity contribution in [3.8, 4) is 11.5 Å². The molecule has 0 amide bonds. The third-order valence-electron chi connectivity index (χ3n) is 3.14. The molecule has 0 aromatic heterocycles. The monoisotopic (exact) mass is 315 g/mol. The van der Waals surface area contributed by atoms with Crippen LogP contribution in [0.25, 0.3) is 0 Å². The Bertz CT molecular complexity index is 438. The maximum atomic E-state index is 6.32. The fourth-order valence-corrected chi connectivity index (χ4v) is 2.69. The highest BCUT2D eigenvalue weighted by Crippen LogP contribution is 2.36. The lowest BCUT2D eigenvalue weighted by molar-refractivity contribution is 0.313. The van der Waals surface area contributed by atoms with Crippen LogP contribution in [0.2, 0.25) is 5.02 Å². The van der Waals surface area contributed by atoms with Gasteiger partial charge in [0.05, 0.1) is 18.7 Å². The van der Waals surface area contributed by atoms with Crippen molar-refractivity contribution in [2.75, 3.05) is 25.2 Å². The topological polar surface area (TPSA) is 30.5 Å². The normalized spacial score (nSPS) is 14.3. The van der Waals surface area contributed by atoms with Gasteiger partial charge in [-0.2, -0.15) is 11.8 Å². The van der Waals surface area contributed by atoms with E-state index in [1.165, 1.54) is 12.8 Å². The van der Waals surface area contributed by atoms with Crippen LogP contribution in [0.3, 0.4) is 0 Å². The number of halogens is 1. The summed E-state index contributed by atoms with van der Waals surface area (Å²) in [6, 6.07) is 4.65. The Morgan fingerprint density at radius 1 is 1.40 bits per heavy atom. The molecule has 112 valence electrons. The lowest BCUT2D eigenvalue weighted by Gasteiger charge is -2.14. The second-order valence-electron chi connectivity index (χ2n) is 4.81. The summed E-state index contributed by atoms with van der Waals surface area (Å²) in [6.07, 6.45) is 2.56. The molecule has 5 heteroatoms. The molecular weight excluding hydrogens is 294 g/mol. The van der Waals surface area contributed by atoms with Gasteiger partial charge < -0.3 is 14.8 Å². The summed E-state index contributed by atoms with van der Waals surface area (Å²) in [6.45, 7) is 3.61. The van der Waals surface area contributed by atoms with Gasteiger partial charge in [0.25, 0.3) is 0 Å². The van der Waals surface area contributed by atoms with Crippen LogP contribution in [0.4, 0.5) is 0 Å². The maximum Gasteiger partial charge on any atom is 0.179 e. The van der Waals surface area contributed by atoms with Crippen molar-refractivity contribution in [2.24, 2.45) is 0 Å². The minimum atomic E-state index is 0.624. The standard InChI is InChI=1S/C15H22ClNO2S/c1-3-20-7-6-19-15-13(16)8-11(9-14(15)18-2)10-17-12-4-5-12/h8-9,12,17H,3-7,10H2,1-2H3. The molecule has 1 saturated carbocycles. The van der Waals surface area contributed by atoms with Gasteiger partial charge in [0.1, 0.15) is 0 Å². The van der Waals surface area contributed by atoms with Crippen LogP contribution in [-0.2, 0) is 6.54 Å². The van der Waals surface area contributed by atoms with Crippen molar-refractivity contribution in [3.63, 3.8) is 0 Å². The first-order chi connectivity index (χ1) is 9.74.